The summed E-state index contributed by atoms with van der Waals surface area (Å²) in [6, 6.07) is 5.82. The molecule has 0 aromatic carbocycles. The Hall–Kier alpha value is -3.92. The lowest BCUT2D eigenvalue weighted by molar-refractivity contribution is 0.0270. The van der Waals surface area contributed by atoms with E-state index in [4.69, 9.17) is 4.74 Å². The highest BCUT2D eigenvalue weighted by molar-refractivity contribution is 7.13. The topological polar surface area (TPSA) is 116 Å². The number of amides is 1. The van der Waals surface area contributed by atoms with Gasteiger partial charge in [0.05, 0.1) is 33.5 Å². The van der Waals surface area contributed by atoms with Crippen LogP contribution in [-0.2, 0) is 4.74 Å². The summed E-state index contributed by atoms with van der Waals surface area (Å²) >= 11 is 1.44. The zero-order valence-corrected chi connectivity index (χ0v) is 20.5. The number of carbonyl (C=O) groups is 1. The highest BCUT2D eigenvalue weighted by Gasteiger charge is 2.24. The number of ether oxygens (including phenoxy) is 1. The van der Waals surface area contributed by atoms with Crippen molar-refractivity contribution in [3.05, 3.63) is 54.1 Å². The van der Waals surface area contributed by atoms with Crippen molar-refractivity contribution in [3.8, 4) is 16.3 Å². The number of H-pyrrole nitrogens is 1. The largest absolute Gasteiger partial charge is 0.493 e. The monoisotopic (exact) mass is 490 g/mol. The molecular formula is C25H26N6O3S. The maximum Gasteiger partial charge on any atom is 0.410 e. The van der Waals surface area contributed by atoms with Crippen molar-refractivity contribution in [3.63, 3.8) is 0 Å². The zero-order valence-electron chi connectivity index (χ0n) is 19.7. The molecule has 5 rings (SSSR count). The summed E-state index contributed by atoms with van der Waals surface area (Å²) < 4.78 is 5.49. The van der Waals surface area contributed by atoms with Gasteiger partial charge >= 0.3 is 6.09 Å². The van der Waals surface area contributed by atoms with Crippen molar-refractivity contribution in [2.45, 2.75) is 32.8 Å². The molecule has 0 saturated heterocycles. The van der Waals surface area contributed by atoms with E-state index in [9.17, 15) is 9.90 Å². The smallest absolute Gasteiger partial charge is 0.410 e. The summed E-state index contributed by atoms with van der Waals surface area (Å²) in [5.41, 5.74) is 6.30. The van der Waals surface area contributed by atoms with E-state index in [1.54, 1.807) is 29.0 Å². The molecule has 1 amide bonds. The van der Waals surface area contributed by atoms with Crippen molar-refractivity contribution >= 4 is 45.4 Å². The van der Waals surface area contributed by atoms with E-state index in [0.29, 0.717) is 18.7 Å². The first-order chi connectivity index (χ1) is 16.8. The quantitative estimate of drug-likeness (QED) is 0.343. The molecule has 0 spiro atoms. The average molecular weight is 491 g/mol. The summed E-state index contributed by atoms with van der Waals surface area (Å²) in [7, 11) is 0. The van der Waals surface area contributed by atoms with Crippen LogP contribution in [0.5, 0.6) is 5.88 Å². The minimum atomic E-state index is -0.512. The Kier molecular flexibility index (Phi) is 5.89. The fourth-order valence-corrected chi connectivity index (χ4v) is 4.56. The molecule has 4 aromatic heterocycles. The van der Waals surface area contributed by atoms with Crippen molar-refractivity contribution in [1.29, 1.82) is 0 Å². The number of pyridine rings is 2. The van der Waals surface area contributed by atoms with Crippen LogP contribution in [0.1, 0.15) is 32.9 Å². The second-order valence-corrected chi connectivity index (χ2v) is 10.2. The fraction of sp³-hybridized carbons (Fsp3) is 0.280. The van der Waals surface area contributed by atoms with Crippen LogP contribution in [0.2, 0.25) is 0 Å². The van der Waals surface area contributed by atoms with Crippen LogP contribution in [0, 0.1) is 0 Å². The summed E-state index contributed by atoms with van der Waals surface area (Å²) in [5.74, 6) is -0.0340. The summed E-state index contributed by atoms with van der Waals surface area (Å²) in [4.78, 5) is 31.0. The summed E-state index contributed by atoms with van der Waals surface area (Å²) in [6.07, 6.45) is 7.51. The molecule has 10 heteroatoms. The Morgan fingerprint density at radius 1 is 1.26 bits per heavy atom. The van der Waals surface area contributed by atoms with Crippen LogP contribution in [0.25, 0.3) is 27.0 Å². The molecule has 0 atom stereocenters. The second-order valence-electron chi connectivity index (χ2n) is 9.30. The van der Waals surface area contributed by atoms with Gasteiger partial charge in [-0.1, -0.05) is 6.08 Å². The number of aromatic hydroxyl groups is 1. The Balaban J connectivity index is 1.37. The predicted molar refractivity (Wildman–Crippen MR) is 137 cm³/mol. The van der Waals surface area contributed by atoms with Crippen LogP contribution in [-0.4, -0.2) is 54.7 Å². The van der Waals surface area contributed by atoms with E-state index in [0.717, 1.165) is 45.0 Å². The molecule has 4 aromatic rings. The zero-order chi connectivity index (χ0) is 24.6. The van der Waals surface area contributed by atoms with Gasteiger partial charge in [0.1, 0.15) is 11.2 Å². The second kappa shape index (κ2) is 9.03. The van der Waals surface area contributed by atoms with E-state index in [1.807, 2.05) is 32.9 Å². The SMILES string of the molecule is CC(C)(C)OC(=O)N1CC=C(c2cc3c(Nc4cnc(O)c(-c5cncs5)c4)ccnc3[nH]2)CC1. The van der Waals surface area contributed by atoms with Gasteiger partial charge in [-0.25, -0.2) is 14.8 Å². The number of aromatic nitrogens is 4. The van der Waals surface area contributed by atoms with Gasteiger partial charge in [0.2, 0.25) is 5.88 Å². The van der Waals surface area contributed by atoms with Gasteiger partial charge in [0.25, 0.3) is 0 Å². The van der Waals surface area contributed by atoms with Crippen molar-refractivity contribution < 1.29 is 14.6 Å². The number of anilines is 2. The van der Waals surface area contributed by atoms with E-state index in [1.165, 1.54) is 11.3 Å². The Morgan fingerprint density at radius 3 is 2.83 bits per heavy atom. The molecule has 0 unspecified atom stereocenters. The third-order valence-electron chi connectivity index (χ3n) is 5.58. The van der Waals surface area contributed by atoms with Crippen LogP contribution in [0.15, 0.2) is 48.4 Å². The molecular weight excluding hydrogens is 464 g/mol. The lowest BCUT2D eigenvalue weighted by Gasteiger charge is -2.29. The minimum Gasteiger partial charge on any atom is -0.493 e. The maximum absolute atomic E-state index is 12.4. The van der Waals surface area contributed by atoms with Crippen molar-refractivity contribution in [1.82, 2.24) is 24.8 Å². The van der Waals surface area contributed by atoms with Crippen LogP contribution in [0.4, 0.5) is 16.2 Å². The molecule has 9 nitrogen and oxygen atoms in total. The van der Waals surface area contributed by atoms with Gasteiger partial charge in [0.15, 0.2) is 0 Å². The molecule has 0 saturated carbocycles. The Labute approximate surface area is 206 Å². The molecule has 0 radical (unpaired) electrons. The van der Waals surface area contributed by atoms with E-state index in [2.05, 4.69) is 37.4 Å². The third-order valence-corrected chi connectivity index (χ3v) is 6.39. The highest BCUT2D eigenvalue weighted by Crippen LogP contribution is 2.35. The number of carbonyl (C=O) groups excluding carboxylic acids is 1. The van der Waals surface area contributed by atoms with Gasteiger partial charge < -0.3 is 25.0 Å². The number of nitrogens with one attached hydrogen (secondary N) is 2. The van der Waals surface area contributed by atoms with Gasteiger partial charge in [-0.05, 0) is 51.0 Å². The highest BCUT2D eigenvalue weighted by atomic mass is 32.1. The van der Waals surface area contributed by atoms with Gasteiger partial charge in [-0.2, -0.15) is 0 Å². The average Bonchev–Trinajstić information content (AvgIpc) is 3.50. The number of fused-ring (bicyclic) bond motifs is 1. The molecule has 0 fully saturated rings. The first-order valence-electron chi connectivity index (χ1n) is 11.3. The molecule has 1 aliphatic rings. The Morgan fingerprint density at radius 2 is 2.11 bits per heavy atom. The Bertz CT molecular complexity index is 1400. The normalized spacial score (nSPS) is 14.1. The van der Waals surface area contributed by atoms with Crippen LogP contribution in [0.3, 0.4) is 0 Å². The van der Waals surface area contributed by atoms with E-state index < -0.39 is 5.60 Å². The minimum absolute atomic E-state index is 0.0340. The molecule has 0 aliphatic carbocycles. The number of aromatic amines is 1. The van der Waals surface area contributed by atoms with E-state index in [-0.39, 0.29) is 12.0 Å². The fourth-order valence-electron chi connectivity index (χ4n) is 3.93. The van der Waals surface area contributed by atoms with E-state index >= 15 is 0 Å². The van der Waals surface area contributed by atoms with Gasteiger partial charge in [-0.15, -0.1) is 11.3 Å². The first-order valence-corrected chi connectivity index (χ1v) is 12.1. The number of rotatable bonds is 4. The molecule has 180 valence electrons. The van der Waals surface area contributed by atoms with Crippen LogP contribution >= 0.6 is 11.3 Å². The number of nitrogens with zero attached hydrogens (tertiary/aromatic N) is 4. The number of thiazole rings is 1. The van der Waals surface area contributed by atoms with Crippen molar-refractivity contribution in [2.24, 2.45) is 0 Å². The first kappa shape index (κ1) is 22.9. The predicted octanol–water partition coefficient (Wildman–Crippen LogP) is 5.55. The number of hydrogen-bond donors (Lipinski definition) is 3. The van der Waals surface area contributed by atoms with Gasteiger partial charge in [0, 0.05) is 36.6 Å². The lowest BCUT2D eigenvalue weighted by Crippen LogP contribution is -2.39. The van der Waals surface area contributed by atoms with Crippen LogP contribution < -0.4 is 5.32 Å². The number of hydrogen-bond acceptors (Lipinski definition) is 8. The van der Waals surface area contributed by atoms with Gasteiger partial charge in [-0.3, -0.25) is 4.98 Å². The molecule has 3 N–H and O–H groups in total. The molecule has 1 aliphatic heterocycles. The summed E-state index contributed by atoms with van der Waals surface area (Å²) in [6.45, 7) is 6.70. The van der Waals surface area contributed by atoms with Crippen molar-refractivity contribution in [2.75, 3.05) is 18.4 Å². The summed E-state index contributed by atoms with van der Waals surface area (Å²) in [5, 5.41) is 14.5. The standard InChI is InChI=1S/C25H26N6O3S/c1-25(2,3)34-24(33)31-8-5-15(6-9-31)20-11-17-19(4-7-27-22(17)30-20)29-16-10-18(23(32)28-12-16)21-13-26-14-35-21/h4-5,7,10-14H,6,8-9H2,1-3H3,(H,28,32)(H2,27,29,30). The third kappa shape index (κ3) is 4.97. The molecule has 5 heterocycles. The lowest BCUT2D eigenvalue weighted by atomic mass is 10.0. The maximum atomic E-state index is 12.4. The molecule has 35 heavy (non-hydrogen) atoms. The molecule has 0 bridgehead atoms.